The Bertz CT molecular complexity index is 1090. The molecule has 1 heterocycles. The van der Waals surface area contributed by atoms with E-state index >= 15 is 0 Å². The Hall–Kier alpha value is -2.49. The van der Waals surface area contributed by atoms with Gasteiger partial charge in [-0.15, -0.1) is 0 Å². The number of nitriles is 1. The van der Waals surface area contributed by atoms with Crippen molar-refractivity contribution in [2.24, 2.45) is 35.5 Å². The van der Waals surface area contributed by atoms with Gasteiger partial charge in [-0.1, -0.05) is 6.92 Å². The molecule has 5 aliphatic rings. The molecule has 5 saturated carbocycles. The van der Waals surface area contributed by atoms with Gasteiger partial charge in [0.05, 0.1) is 29.3 Å². The number of hydrogen-bond acceptors (Lipinski definition) is 3. The highest BCUT2D eigenvalue weighted by Crippen LogP contribution is 2.64. The molecule has 0 spiro atoms. The number of nitrogens with zero attached hydrogens (tertiary/aromatic N) is 3. The number of amides is 1. The lowest BCUT2D eigenvalue weighted by Gasteiger charge is -2.40. The molecule has 7 heteroatoms. The fourth-order valence-corrected chi connectivity index (χ4v) is 6.98. The number of halogens is 2. The van der Waals surface area contributed by atoms with Crippen LogP contribution in [0, 0.1) is 58.5 Å². The Labute approximate surface area is 173 Å². The number of rotatable bonds is 4. The van der Waals surface area contributed by atoms with Crippen molar-refractivity contribution in [2.45, 2.75) is 50.6 Å². The van der Waals surface area contributed by atoms with Crippen LogP contribution < -0.4 is 5.32 Å². The van der Waals surface area contributed by atoms with E-state index in [2.05, 4.69) is 16.4 Å². The third-order valence-corrected chi connectivity index (χ3v) is 8.53. The van der Waals surface area contributed by atoms with E-state index in [9.17, 15) is 18.8 Å². The lowest BCUT2D eigenvalue weighted by atomic mass is 9.76. The van der Waals surface area contributed by atoms with E-state index in [1.807, 2.05) is 11.5 Å². The van der Waals surface area contributed by atoms with Crippen LogP contribution in [0.5, 0.6) is 0 Å². The van der Waals surface area contributed by atoms with Gasteiger partial charge in [0, 0.05) is 29.6 Å². The number of imidazole rings is 1. The van der Waals surface area contributed by atoms with Crippen LogP contribution in [0.4, 0.5) is 8.78 Å². The second-order valence-electron chi connectivity index (χ2n) is 10.1. The molecule has 7 rings (SSSR count). The number of benzene rings is 1. The van der Waals surface area contributed by atoms with Crippen molar-refractivity contribution in [1.82, 2.24) is 14.9 Å². The largest absolute Gasteiger partial charge is 0.350 e. The summed E-state index contributed by atoms with van der Waals surface area (Å²) in [4.78, 5) is 17.1. The second kappa shape index (κ2) is 6.03. The zero-order valence-electron chi connectivity index (χ0n) is 16.8. The number of aromatic nitrogens is 2. The summed E-state index contributed by atoms with van der Waals surface area (Å²) in [6.07, 6.45) is 6.28. The third kappa shape index (κ3) is 2.49. The predicted octanol–water partition coefficient (Wildman–Crippen LogP) is 3.96. The van der Waals surface area contributed by atoms with E-state index in [-0.39, 0.29) is 29.3 Å². The molecule has 2 bridgehead atoms. The highest BCUT2D eigenvalue weighted by Gasteiger charge is 2.61. The first-order valence-electron chi connectivity index (χ1n) is 10.9. The summed E-state index contributed by atoms with van der Waals surface area (Å²) in [6.45, 7) is 2.03. The molecular formula is C23H24F2N4O. The number of carbonyl (C=O) groups excluding carboxylic acids is 1. The fourth-order valence-electron chi connectivity index (χ4n) is 6.98. The maximum absolute atomic E-state index is 13.7. The van der Waals surface area contributed by atoms with Crippen LogP contribution in [0.3, 0.4) is 0 Å². The molecule has 1 aromatic heterocycles. The molecule has 5 fully saturated rings. The van der Waals surface area contributed by atoms with Gasteiger partial charge in [-0.3, -0.25) is 4.79 Å². The first kappa shape index (κ1) is 18.3. The van der Waals surface area contributed by atoms with Gasteiger partial charge in [0.2, 0.25) is 5.91 Å². The van der Waals surface area contributed by atoms with Crippen molar-refractivity contribution in [3.63, 3.8) is 0 Å². The van der Waals surface area contributed by atoms with Crippen LogP contribution in [0.1, 0.15) is 45.1 Å². The lowest BCUT2D eigenvalue weighted by Crippen LogP contribution is -2.53. The molecule has 6 atom stereocenters. The fraction of sp³-hybridized carbons (Fsp3) is 0.609. The van der Waals surface area contributed by atoms with Crippen molar-refractivity contribution in [2.75, 3.05) is 0 Å². The standard InChI is InChI=1S/C23H24F2N4O/c1-11(22(30)28-23-6-12(7-23)13(8-23)9-26)21-15-2-14(3-16(15)21)29-10-27-19-4-17(24)18(25)5-20(19)29/h4-5,10-16,21H,2-3,6-8H2,1H3,(H,28,30)/t11?,12?,13?,14-,15-,16+,21+,23?. The van der Waals surface area contributed by atoms with E-state index in [0.717, 1.165) is 38.2 Å². The zero-order chi connectivity index (χ0) is 20.8. The molecule has 156 valence electrons. The summed E-state index contributed by atoms with van der Waals surface area (Å²) < 4.78 is 29.1. The van der Waals surface area contributed by atoms with Gasteiger partial charge in [0.15, 0.2) is 11.6 Å². The van der Waals surface area contributed by atoms with E-state index in [4.69, 9.17) is 0 Å². The summed E-state index contributed by atoms with van der Waals surface area (Å²) in [5.74, 6) is 0.350. The molecule has 0 saturated heterocycles. The molecule has 5 nitrogen and oxygen atoms in total. The molecule has 2 unspecified atom stereocenters. The van der Waals surface area contributed by atoms with Crippen molar-refractivity contribution >= 4 is 16.9 Å². The average Bonchev–Trinajstić information content (AvgIpc) is 3.16. The normalized spacial score (nSPS) is 39.3. The summed E-state index contributed by atoms with van der Waals surface area (Å²) in [6, 6.07) is 4.99. The third-order valence-electron chi connectivity index (χ3n) is 8.53. The molecule has 0 radical (unpaired) electrons. The van der Waals surface area contributed by atoms with Gasteiger partial charge in [0.25, 0.3) is 0 Å². The summed E-state index contributed by atoms with van der Waals surface area (Å²) >= 11 is 0. The number of hydrogen-bond donors (Lipinski definition) is 1. The minimum atomic E-state index is -0.873. The van der Waals surface area contributed by atoms with Gasteiger partial charge in [-0.2, -0.15) is 5.26 Å². The van der Waals surface area contributed by atoms with Crippen LogP contribution in [0.15, 0.2) is 18.5 Å². The molecule has 30 heavy (non-hydrogen) atoms. The Kier molecular flexibility index (Phi) is 3.67. The summed E-state index contributed by atoms with van der Waals surface area (Å²) in [5.41, 5.74) is 0.983. The molecule has 1 amide bonds. The van der Waals surface area contributed by atoms with Crippen LogP contribution in [-0.2, 0) is 4.79 Å². The number of nitrogens with one attached hydrogen (secondary N) is 1. The average molecular weight is 410 g/mol. The highest BCUT2D eigenvalue weighted by molar-refractivity contribution is 5.80. The Morgan fingerprint density at radius 1 is 1.27 bits per heavy atom. The van der Waals surface area contributed by atoms with Crippen molar-refractivity contribution in [1.29, 1.82) is 5.26 Å². The van der Waals surface area contributed by atoms with E-state index in [1.54, 1.807) is 6.33 Å². The lowest BCUT2D eigenvalue weighted by molar-refractivity contribution is -0.128. The Morgan fingerprint density at radius 2 is 1.97 bits per heavy atom. The monoisotopic (exact) mass is 410 g/mol. The molecular weight excluding hydrogens is 386 g/mol. The Morgan fingerprint density at radius 3 is 2.63 bits per heavy atom. The zero-order valence-corrected chi connectivity index (χ0v) is 16.8. The maximum atomic E-state index is 13.7. The van der Waals surface area contributed by atoms with E-state index in [0.29, 0.717) is 34.7 Å². The summed E-state index contributed by atoms with van der Waals surface area (Å²) in [5, 5.41) is 12.5. The SMILES string of the molecule is CC(C(=O)NC12CC(C#N)C(C1)C2)[C@H]1[C@@H]2C[C@@H](n3cnc4cc(F)c(F)cc43)C[C@@H]21. The van der Waals surface area contributed by atoms with Crippen LogP contribution in [0.25, 0.3) is 11.0 Å². The highest BCUT2D eigenvalue weighted by atomic mass is 19.2. The first-order valence-corrected chi connectivity index (χ1v) is 10.9. The number of fused-ring (bicyclic) bond motifs is 3. The maximum Gasteiger partial charge on any atom is 0.223 e. The van der Waals surface area contributed by atoms with Gasteiger partial charge in [0.1, 0.15) is 0 Å². The number of carbonyl (C=O) groups is 1. The Balaban J connectivity index is 1.10. The van der Waals surface area contributed by atoms with Crippen LogP contribution >= 0.6 is 0 Å². The van der Waals surface area contributed by atoms with Crippen molar-refractivity contribution in [3.8, 4) is 6.07 Å². The minimum Gasteiger partial charge on any atom is -0.350 e. The second-order valence-corrected chi connectivity index (χ2v) is 10.1. The molecule has 0 aliphatic heterocycles. The predicted molar refractivity (Wildman–Crippen MR) is 105 cm³/mol. The molecule has 5 aliphatic carbocycles. The quantitative estimate of drug-likeness (QED) is 0.830. The smallest absolute Gasteiger partial charge is 0.223 e. The van der Waals surface area contributed by atoms with Crippen molar-refractivity contribution in [3.05, 3.63) is 30.1 Å². The molecule has 1 aromatic carbocycles. The summed E-state index contributed by atoms with van der Waals surface area (Å²) in [7, 11) is 0. The van der Waals surface area contributed by atoms with Gasteiger partial charge in [-0.25, -0.2) is 13.8 Å². The molecule has 2 aromatic rings. The van der Waals surface area contributed by atoms with Crippen LogP contribution in [0.2, 0.25) is 0 Å². The van der Waals surface area contributed by atoms with Gasteiger partial charge in [-0.05, 0) is 55.8 Å². The van der Waals surface area contributed by atoms with Crippen LogP contribution in [-0.4, -0.2) is 21.0 Å². The van der Waals surface area contributed by atoms with E-state index < -0.39 is 11.6 Å². The topological polar surface area (TPSA) is 70.7 Å². The van der Waals surface area contributed by atoms with Crippen molar-refractivity contribution < 1.29 is 13.6 Å². The minimum absolute atomic E-state index is 0.0263. The van der Waals surface area contributed by atoms with Gasteiger partial charge >= 0.3 is 0 Å². The van der Waals surface area contributed by atoms with E-state index in [1.165, 1.54) is 6.07 Å². The first-order chi connectivity index (χ1) is 14.4. The van der Waals surface area contributed by atoms with Gasteiger partial charge < -0.3 is 9.88 Å². The molecule has 1 N–H and O–H groups in total.